The van der Waals surface area contributed by atoms with Crippen molar-refractivity contribution >= 4 is 17.2 Å². The molecule has 1 heterocycles. The molecule has 0 saturated carbocycles. The van der Waals surface area contributed by atoms with Crippen molar-refractivity contribution in [1.29, 1.82) is 0 Å². The van der Waals surface area contributed by atoms with Crippen LogP contribution in [-0.4, -0.2) is 10.7 Å². The summed E-state index contributed by atoms with van der Waals surface area (Å²) in [6, 6.07) is 22.2. The summed E-state index contributed by atoms with van der Waals surface area (Å²) in [6.45, 7) is 0. The number of rotatable bonds is 2. The summed E-state index contributed by atoms with van der Waals surface area (Å²) in [4.78, 5) is 25.7. The Kier molecular flexibility index (Phi) is 3.00. The van der Waals surface area contributed by atoms with Crippen LogP contribution in [0.15, 0.2) is 72.8 Å². The minimum Gasteiger partial charge on any atom is -0.352 e. The lowest BCUT2D eigenvalue weighted by Gasteiger charge is -2.13. The molecule has 5 rings (SSSR count). The number of nitro groups is 1. The maximum atomic E-state index is 13.0. The van der Waals surface area contributed by atoms with E-state index in [0.29, 0.717) is 0 Å². The Balaban J connectivity index is 1.66. The molecule has 3 aromatic carbocycles. The molecule has 1 aliphatic carbocycles. The predicted molar refractivity (Wildman–Crippen MR) is 97.4 cm³/mol. The molecule has 0 bridgehead atoms. The van der Waals surface area contributed by atoms with Crippen LogP contribution in [0.4, 0.5) is 11.4 Å². The zero-order chi connectivity index (χ0) is 17.8. The smallest absolute Gasteiger partial charge is 0.269 e. The molecule has 0 spiro atoms. The van der Waals surface area contributed by atoms with Crippen LogP contribution in [0.2, 0.25) is 0 Å². The van der Waals surface area contributed by atoms with Crippen LogP contribution in [0.25, 0.3) is 0 Å². The van der Waals surface area contributed by atoms with E-state index in [1.807, 2.05) is 48.5 Å². The fraction of sp³-hybridized carbons (Fsp3) is 0.0952. The Morgan fingerprint density at radius 3 is 1.77 bits per heavy atom. The van der Waals surface area contributed by atoms with Gasteiger partial charge in [-0.25, -0.2) is 0 Å². The first-order valence-corrected chi connectivity index (χ1v) is 8.42. The number of benzene rings is 3. The Morgan fingerprint density at radius 1 is 0.769 bits per heavy atom. The normalized spacial score (nSPS) is 19.8. The minimum atomic E-state index is -0.395. The van der Waals surface area contributed by atoms with Gasteiger partial charge in [-0.05, 0) is 23.3 Å². The number of hydrogen-bond acceptors (Lipinski definition) is 4. The first-order valence-electron chi connectivity index (χ1n) is 8.42. The van der Waals surface area contributed by atoms with Crippen molar-refractivity contribution in [2.24, 2.45) is 0 Å². The van der Waals surface area contributed by atoms with Crippen LogP contribution in [-0.2, 0) is 0 Å². The van der Waals surface area contributed by atoms with Gasteiger partial charge >= 0.3 is 0 Å². The average Bonchev–Trinajstić information content (AvgIpc) is 3.43. The van der Waals surface area contributed by atoms with E-state index in [9.17, 15) is 14.9 Å². The molecule has 5 heteroatoms. The molecule has 1 saturated heterocycles. The van der Waals surface area contributed by atoms with Gasteiger partial charge in [0.05, 0.1) is 17.0 Å². The highest BCUT2D eigenvalue weighted by Crippen LogP contribution is 2.59. The second-order valence-electron chi connectivity index (χ2n) is 6.57. The maximum absolute atomic E-state index is 13.0. The number of anilines is 1. The topological polar surface area (TPSA) is 63.2 Å². The number of non-ortho nitro benzene ring substituents is 1. The summed E-state index contributed by atoms with van der Waals surface area (Å²) in [5.74, 6) is 0.0621. The summed E-state index contributed by atoms with van der Waals surface area (Å²) in [5, 5.41) is 10.9. The summed E-state index contributed by atoms with van der Waals surface area (Å²) in [6.07, 6.45) is 0. The molecule has 126 valence electrons. The van der Waals surface area contributed by atoms with Gasteiger partial charge in [0.2, 0.25) is 0 Å². The first kappa shape index (κ1) is 14.8. The van der Waals surface area contributed by atoms with Crippen molar-refractivity contribution in [3.8, 4) is 0 Å². The van der Waals surface area contributed by atoms with E-state index in [-0.39, 0.29) is 23.6 Å². The first-order chi connectivity index (χ1) is 12.7. The molecule has 1 fully saturated rings. The van der Waals surface area contributed by atoms with Crippen molar-refractivity contribution in [3.63, 3.8) is 0 Å². The molecule has 2 aliphatic rings. The van der Waals surface area contributed by atoms with Gasteiger partial charge in [-0.1, -0.05) is 48.5 Å². The lowest BCUT2D eigenvalue weighted by molar-refractivity contribution is -0.384. The van der Waals surface area contributed by atoms with Crippen LogP contribution in [0.3, 0.4) is 0 Å². The number of fused-ring (bicyclic) bond motifs is 5. The Morgan fingerprint density at radius 2 is 1.27 bits per heavy atom. The molecule has 26 heavy (non-hydrogen) atoms. The number of nitrogens with zero attached hydrogens (tertiary/aromatic N) is 2. The summed E-state index contributed by atoms with van der Waals surface area (Å²) >= 11 is 0. The van der Waals surface area contributed by atoms with E-state index in [4.69, 9.17) is 0 Å². The summed E-state index contributed by atoms with van der Waals surface area (Å²) in [7, 11) is 0. The number of nitro benzene ring substituents is 1. The van der Waals surface area contributed by atoms with E-state index in [1.165, 1.54) is 12.1 Å². The third-order valence-corrected chi connectivity index (χ3v) is 5.22. The molecule has 5 nitrogen and oxygen atoms in total. The maximum Gasteiger partial charge on any atom is 0.269 e. The number of carbonyl (C=O) groups is 1. The van der Waals surface area contributed by atoms with Gasteiger partial charge in [-0.3, -0.25) is 14.9 Å². The zero-order valence-corrected chi connectivity index (χ0v) is 13.7. The second-order valence-corrected chi connectivity index (χ2v) is 6.57. The number of carbonyl (C=O) groups excluding carboxylic acids is 1. The molecule has 0 amide bonds. The van der Waals surface area contributed by atoms with E-state index in [2.05, 4.69) is 4.90 Å². The zero-order valence-electron chi connectivity index (χ0n) is 13.7. The molecule has 0 N–H and O–H groups in total. The van der Waals surface area contributed by atoms with Gasteiger partial charge in [0, 0.05) is 28.9 Å². The molecule has 3 aromatic rings. The van der Waals surface area contributed by atoms with Gasteiger partial charge in [0.15, 0.2) is 5.78 Å². The fourth-order valence-electron chi connectivity index (χ4n) is 4.01. The lowest BCUT2D eigenvalue weighted by atomic mass is 9.98. The van der Waals surface area contributed by atoms with Gasteiger partial charge < -0.3 is 4.90 Å². The minimum absolute atomic E-state index is 0.0621. The average molecular weight is 342 g/mol. The van der Waals surface area contributed by atoms with Crippen molar-refractivity contribution in [2.75, 3.05) is 4.90 Å². The summed E-state index contributed by atoms with van der Waals surface area (Å²) < 4.78 is 0. The van der Waals surface area contributed by atoms with E-state index in [0.717, 1.165) is 27.9 Å². The highest BCUT2D eigenvalue weighted by Gasteiger charge is 2.53. The third-order valence-electron chi connectivity index (χ3n) is 5.22. The highest BCUT2D eigenvalue weighted by atomic mass is 16.6. The molecular formula is C21H14N2O3. The monoisotopic (exact) mass is 342 g/mol. The van der Waals surface area contributed by atoms with Crippen molar-refractivity contribution in [2.45, 2.75) is 12.1 Å². The Bertz CT molecular complexity index is 1000. The number of ketones is 1. The van der Waals surface area contributed by atoms with Crippen LogP contribution < -0.4 is 4.90 Å². The van der Waals surface area contributed by atoms with Crippen LogP contribution in [0, 0.1) is 10.1 Å². The van der Waals surface area contributed by atoms with Crippen molar-refractivity contribution in [3.05, 3.63) is 105 Å². The third kappa shape index (κ3) is 2.00. The predicted octanol–water partition coefficient (Wildman–Crippen LogP) is 4.44. The van der Waals surface area contributed by atoms with Gasteiger partial charge in [0.1, 0.15) is 0 Å². The summed E-state index contributed by atoms with van der Waals surface area (Å²) in [5.41, 5.74) is 4.49. The standard InChI is InChI=1S/C21H14N2O3/c24-21-17-7-3-1-5-15(17)19-20(16-6-2-4-8-18(16)21)22(19)13-9-11-14(12-10-13)23(25)26/h1-12,19-20H. The van der Waals surface area contributed by atoms with Gasteiger partial charge in [0.25, 0.3) is 5.69 Å². The molecule has 1 aliphatic heterocycles. The Hall–Kier alpha value is -3.47. The molecule has 0 aromatic heterocycles. The van der Waals surface area contributed by atoms with Gasteiger partial charge in [-0.2, -0.15) is 0 Å². The quantitative estimate of drug-likeness (QED) is 0.392. The van der Waals surface area contributed by atoms with E-state index >= 15 is 0 Å². The highest BCUT2D eigenvalue weighted by molar-refractivity contribution is 6.12. The SMILES string of the molecule is O=C1c2ccccc2C2C(c3ccccc31)N2c1ccc([N+](=O)[O-])cc1. The van der Waals surface area contributed by atoms with Crippen LogP contribution in [0.5, 0.6) is 0 Å². The van der Waals surface area contributed by atoms with Crippen molar-refractivity contribution in [1.82, 2.24) is 0 Å². The van der Waals surface area contributed by atoms with Gasteiger partial charge in [-0.15, -0.1) is 0 Å². The Labute approximate surface area is 149 Å². The molecular weight excluding hydrogens is 328 g/mol. The largest absolute Gasteiger partial charge is 0.352 e. The van der Waals surface area contributed by atoms with E-state index < -0.39 is 4.92 Å². The molecule has 2 atom stereocenters. The van der Waals surface area contributed by atoms with Crippen LogP contribution >= 0.6 is 0 Å². The van der Waals surface area contributed by atoms with E-state index in [1.54, 1.807) is 12.1 Å². The van der Waals surface area contributed by atoms with Crippen LogP contribution in [0.1, 0.15) is 39.1 Å². The fourth-order valence-corrected chi connectivity index (χ4v) is 4.01. The molecule has 0 radical (unpaired) electrons. The second kappa shape index (κ2) is 5.26. The lowest BCUT2D eigenvalue weighted by Crippen LogP contribution is -2.09. The van der Waals surface area contributed by atoms with Crippen molar-refractivity contribution < 1.29 is 9.72 Å². The number of hydrogen-bond donors (Lipinski definition) is 0. The molecule has 2 unspecified atom stereocenters.